The number of hydrogen-bond acceptors (Lipinski definition) is 4. The molecular weight excluding hydrogens is 248 g/mol. The summed E-state index contributed by atoms with van der Waals surface area (Å²) in [6.07, 6.45) is 4.33. The van der Waals surface area contributed by atoms with Crippen LogP contribution in [0.5, 0.6) is 0 Å². The Labute approximate surface area is 115 Å². The molecule has 1 unspecified atom stereocenters. The normalized spacial score (nSPS) is 14.4. The largest absolute Gasteiger partial charge is 0.383 e. The average molecular weight is 276 g/mol. The van der Waals surface area contributed by atoms with Crippen molar-refractivity contribution in [2.75, 3.05) is 26.5 Å². The van der Waals surface area contributed by atoms with Crippen molar-refractivity contribution >= 4 is 17.7 Å². The number of hydrazine groups is 1. The number of methoxy groups -OCH3 is 1. The maximum atomic E-state index is 5.48. The highest BCUT2D eigenvalue weighted by Crippen LogP contribution is 2.30. The lowest BCUT2D eigenvalue weighted by Gasteiger charge is -2.28. The molecule has 0 aliphatic carbocycles. The first-order valence-corrected chi connectivity index (χ1v) is 7.61. The van der Waals surface area contributed by atoms with Crippen LogP contribution in [0.1, 0.15) is 33.6 Å². The molecule has 108 valence electrons. The first-order valence-electron chi connectivity index (χ1n) is 6.39. The van der Waals surface area contributed by atoms with Gasteiger partial charge in [-0.1, -0.05) is 13.8 Å². The van der Waals surface area contributed by atoms with Crippen molar-refractivity contribution in [3.05, 3.63) is 0 Å². The third-order valence-electron chi connectivity index (χ3n) is 3.18. The lowest BCUT2D eigenvalue weighted by atomic mass is 10.0. The standard InChI is InChI=1S/C12H28N4OS/c1-6-12(7-2,18-5)9-14-11(16-13)15-10(3)8-17-4/h10H,6-9,13H2,1-5H3,(H2,14,15,16). The topological polar surface area (TPSA) is 71.7 Å². The summed E-state index contributed by atoms with van der Waals surface area (Å²) in [5, 5.41) is 3.19. The molecule has 0 aromatic heterocycles. The summed E-state index contributed by atoms with van der Waals surface area (Å²) < 4.78 is 5.27. The number of guanidine groups is 1. The Morgan fingerprint density at radius 2 is 2.06 bits per heavy atom. The Balaban J connectivity index is 4.50. The molecular formula is C12H28N4OS. The lowest BCUT2D eigenvalue weighted by molar-refractivity contribution is 0.179. The van der Waals surface area contributed by atoms with Gasteiger partial charge in [0.25, 0.3) is 0 Å². The van der Waals surface area contributed by atoms with Crippen molar-refractivity contribution in [1.29, 1.82) is 0 Å². The van der Waals surface area contributed by atoms with Crippen LogP contribution in [0.3, 0.4) is 0 Å². The van der Waals surface area contributed by atoms with E-state index in [1.165, 1.54) is 0 Å². The average Bonchev–Trinajstić information content (AvgIpc) is 2.39. The smallest absolute Gasteiger partial charge is 0.206 e. The van der Waals surface area contributed by atoms with Gasteiger partial charge in [-0.05, 0) is 26.0 Å². The molecule has 0 heterocycles. The molecule has 0 saturated carbocycles. The second-order valence-electron chi connectivity index (χ2n) is 4.40. The summed E-state index contributed by atoms with van der Waals surface area (Å²) in [5.74, 6) is 6.10. The van der Waals surface area contributed by atoms with E-state index in [2.05, 4.69) is 35.8 Å². The van der Waals surface area contributed by atoms with E-state index in [0.717, 1.165) is 19.4 Å². The van der Waals surface area contributed by atoms with Gasteiger partial charge in [-0.25, -0.2) is 5.84 Å². The zero-order valence-corrected chi connectivity index (χ0v) is 13.1. The molecule has 6 heteroatoms. The van der Waals surface area contributed by atoms with Gasteiger partial charge < -0.3 is 10.1 Å². The molecule has 0 radical (unpaired) electrons. The Kier molecular flexibility index (Phi) is 9.23. The second-order valence-corrected chi connectivity index (χ2v) is 5.68. The Hall–Kier alpha value is -0.460. The Bertz CT molecular complexity index is 236. The van der Waals surface area contributed by atoms with Gasteiger partial charge in [-0.2, -0.15) is 11.8 Å². The first kappa shape index (κ1) is 17.5. The number of nitrogens with one attached hydrogen (secondary N) is 2. The van der Waals surface area contributed by atoms with Crippen molar-refractivity contribution in [2.24, 2.45) is 10.8 Å². The van der Waals surface area contributed by atoms with Gasteiger partial charge in [0.1, 0.15) is 0 Å². The molecule has 0 aromatic rings. The molecule has 0 amide bonds. The SMILES string of the molecule is CCC(CC)(CN=C(NN)NC(C)COC)SC. The summed E-state index contributed by atoms with van der Waals surface area (Å²) in [4.78, 5) is 4.54. The minimum absolute atomic E-state index is 0.178. The summed E-state index contributed by atoms with van der Waals surface area (Å²) in [7, 11) is 1.68. The maximum absolute atomic E-state index is 5.48. The van der Waals surface area contributed by atoms with E-state index in [-0.39, 0.29) is 10.8 Å². The van der Waals surface area contributed by atoms with Crippen LogP contribution in [0.4, 0.5) is 0 Å². The van der Waals surface area contributed by atoms with Gasteiger partial charge in [0.2, 0.25) is 5.96 Å². The third kappa shape index (κ3) is 5.93. The number of ether oxygens (including phenoxy) is 1. The van der Waals surface area contributed by atoms with E-state index in [4.69, 9.17) is 10.6 Å². The Morgan fingerprint density at radius 1 is 1.44 bits per heavy atom. The van der Waals surface area contributed by atoms with Crippen LogP contribution in [-0.4, -0.2) is 43.3 Å². The Morgan fingerprint density at radius 3 is 2.44 bits per heavy atom. The van der Waals surface area contributed by atoms with Gasteiger partial charge in [-0.15, -0.1) is 0 Å². The zero-order chi connectivity index (χ0) is 14.0. The van der Waals surface area contributed by atoms with E-state index < -0.39 is 0 Å². The summed E-state index contributed by atoms with van der Waals surface area (Å²) >= 11 is 1.87. The van der Waals surface area contributed by atoms with E-state index in [0.29, 0.717) is 12.6 Å². The van der Waals surface area contributed by atoms with Crippen LogP contribution in [0, 0.1) is 0 Å². The van der Waals surface area contributed by atoms with Crippen LogP contribution >= 0.6 is 11.8 Å². The molecule has 0 rings (SSSR count). The van der Waals surface area contributed by atoms with Crippen molar-refractivity contribution in [1.82, 2.24) is 10.7 Å². The van der Waals surface area contributed by atoms with Crippen LogP contribution in [0.2, 0.25) is 0 Å². The fraction of sp³-hybridized carbons (Fsp3) is 0.917. The van der Waals surface area contributed by atoms with Crippen molar-refractivity contribution in [2.45, 2.75) is 44.4 Å². The first-order chi connectivity index (χ1) is 8.57. The van der Waals surface area contributed by atoms with Gasteiger partial charge in [0.15, 0.2) is 0 Å². The minimum atomic E-state index is 0.178. The van der Waals surface area contributed by atoms with E-state index >= 15 is 0 Å². The predicted molar refractivity (Wildman–Crippen MR) is 80.9 cm³/mol. The van der Waals surface area contributed by atoms with Gasteiger partial charge in [-0.3, -0.25) is 10.4 Å². The number of aliphatic imine (C=N–C) groups is 1. The lowest BCUT2D eigenvalue weighted by Crippen LogP contribution is -2.47. The van der Waals surface area contributed by atoms with Crippen LogP contribution in [0.15, 0.2) is 4.99 Å². The molecule has 0 fully saturated rings. The minimum Gasteiger partial charge on any atom is -0.383 e. The second kappa shape index (κ2) is 9.47. The summed E-state index contributed by atoms with van der Waals surface area (Å²) in [5.41, 5.74) is 2.61. The number of nitrogens with zero attached hydrogens (tertiary/aromatic N) is 1. The number of hydrogen-bond donors (Lipinski definition) is 3. The third-order valence-corrected chi connectivity index (χ3v) is 4.76. The predicted octanol–water partition coefficient (Wildman–Crippen LogP) is 1.35. The van der Waals surface area contributed by atoms with Crippen molar-refractivity contribution in [3.8, 4) is 0 Å². The van der Waals surface area contributed by atoms with Crippen LogP contribution < -0.4 is 16.6 Å². The molecule has 0 saturated heterocycles. The van der Waals surface area contributed by atoms with Crippen molar-refractivity contribution in [3.63, 3.8) is 0 Å². The summed E-state index contributed by atoms with van der Waals surface area (Å²) in [6, 6.07) is 0.178. The zero-order valence-electron chi connectivity index (χ0n) is 12.2. The van der Waals surface area contributed by atoms with Gasteiger partial charge in [0, 0.05) is 17.9 Å². The molecule has 18 heavy (non-hydrogen) atoms. The number of thioether (sulfide) groups is 1. The molecule has 0 bridgehead atoms. The molecule has 0 aromatic carbocycles. The monoisotopic (exact) mass is 276 g/mol. The fourth-order valence-electron chi connectivity index (χ4n) is 1.71. The van der Waals surface area contributed by atoms with Crippen LogP contribution in [-0.2, 0) is 4.74 Å². The number of rotatable bonds is 8. The molecule has 4 N–H and O–H groups in total. The van der Waals surface area contributed by atoms with E-state index in [1.807, 2.05) is 18.7 Å². The van der Waals surface area contributed by atoms with E-state index in [1.54, 1.807) is 7.11 Å². The molecule has 0 aliphatic heterocycles. The van der Waals surface area contributed by atoms with Gasteiger partial charge in [0.05, 0.1) is 13.2 Å². The summed E-state index contributed by atoms with van der Waals surface area (Å²) in [6.45, 7) is 7.80. The molecule has 5 nitrogen and oxygen atoms in total. The maximum Gasteiger partial charge on any atom is 0.206 e. The number of nitrogens with two attached hydrogens (primary N) is 1. The highest BCUT2D eigenvalue weighted by Gasteiger charge is 2.24. The van der Waals surface area contributed by atoms with E-state index in [9.17, 15) is 0 Å². The highest BCUT2D eigenvalue weighted by molar-refractivity contribution is 8.00. The van der Waals surface area contributed by atoms with Crippen LogP contribution in [0.25, 0.3) is 0 Å². The molecule has 0 aliphatic rings. The fourth-order valence-corrected chi connectivity index (χ4v) is 2.48. The molecule has 1 atom stereocenters. The quantitative estimate of drug-likeness (QED) is 0.270. The molecule has 0 spiro atoms. The van der Waals surface area contributed by atoms with Crippen molar-refractivity contribution < 1.29 is 4.74 Å². The highest BCUT2D eigenvalue weighted by atomic mass is 32.2. The van der Waals surface area contributed by atoms with Gasteiger partial charge >= 0.3 is 0 Å².